The van der Waals surface area contributed by atoms with Gasteiger partial charge < -0.3 is 9.15 Å². The summed E-state index contributed by atoms with van der Waals surface area (Å²) in [5.41, 5.74) is 2.84. The molecule has 0 radical (unpaired) electrons. The van der Waals surface area contributed by atoms with Crippen LogP contribution in [0, 0.1) is 10.1 Å². The van der Waals surface area contributed by atoms with Gasteiger partial charge in [0.05, 0.1) is 16.2 Å². The third kappa shape index (κ3) is 4.95. The molecule has 0 aliphatic heterocycles. The number of nitrogens with zero attached hydrogens (tertiary/aromatic N) is 2. The molecule has 142 valence electrons. The molecule has 0 saturated heterocycles. The lowest BCUT2D eigenvalue weighted by Gasteiger charge is -2.06. The Balaban J connectivity index is 1.55. The number of amides is 1. The fourth-order valence-electron chi connectivity index (χ4n) is 2.26. The van der Waals surface area contributed by atoms with E-state index in [2.05, 4.69) is 10.5 Å². The second-order valence-electron chi connectivity index (χ2n) is 5.52. The fraction of sp³-hybridized carbons (Fsp3) is 0.0526. The van der Waals surface area contributed by atoms with Crippen LogP contribution in [-0.2, 0) is 4.79 Å². The van der Waals surface area contributed by atoms with E-state index in [9.17, 15) is 14.9 Å². The summed E-state index contributed by atoms with van der Waals surface area (Å²) in [5, 5.41) is 15.0. The van der Waals surface area contributed by atoms with E-state index in [0.717, 1.165) is 0 Å². The zero-order valence-corrected chi connectivity index (χ0v) is 15.1. The highest BCUT2D eigenvalue weighted by Gasteiger charge is 2.10. The lowest BCUT2D eigenvalue weighted by molar-refractivity contribution is -0.384. The number of halogens is 1. The topological polar surface area (TPSA) is 107 Å². The number of hydrazone groups is 1. The molecule has 0 aliphatic rings. The highest BCUT2D eigenvalue weighted by molar-refractivity contribution is 6.32. The quantitative estimate of drug-likeness (QED) is 0.366. The molecule has 9 heteroatoms. The van der Waals surface area contributed by atoms with Crippen molar-refractivity contribution in [2.75, 3.05) is 6.61 Å². The Morgan fingerprint density at radius 1 is 1.21 bits per heavy atom. The largest absolute Gasteiger partial charge is 0.482 e. The molecule has 0 saturated carbocycles. The third-order valence-electron chi connectivity index (χ3n) is 3.54. The Morgan fingerprint density at radius 2 is 2.04 bits per heavy atom. The average molecular weight is 400 g/mol. The molecule has 0 atom stereocenters. The summed E-state index contributed by atoms with van der Waals surface area (Å²) in [6.07, 6.45) is 1.31. The van der Waals surface area contributed by atoms with Gasteiger partial charge in [-0.15, -0.1) is 0 Å². The van der Waals surface area contributed by atoms with Crippen molar-refractivity contribution in [3.05, 3.63) is 81.6 Å². The first-order valence-corrected chi connectivity index (χ1v) is 8.44. The van der Waals surface area contributed by atoms with Gasteiger partial charge in [-0.1, -0.05) is 35.9 Å². The number of para-hydroxylation sites is 1. The van der Waals surface area contributed by atoms with E-state index >= 15 is 0 Å². The SMILES string of the molecule is O=C(COc1ccccc1Cl)N/N=C\c1ccc(-c2cccc([N+](=O)[O-])c2)o1. The highest BCUT2D eigenvalue weighted by atomic mass is 35.5. The number of ether oxygens (including phenoxy) is 1. The first kappa shape index (κ1) is 19.1. The summed E-state index contributed by atoms with van der Waals surface area (Å²) < 4.78 is 10.9. The number of benzene rings is 2. The van der Waals surface area contributed by atoms with Crippen molar-refractivity contribution in [1.82, 2.24) is 5.43 Å². The van der Waals surface area contributed by atoms with Gasteiger partial charge in [0.1, 0.15) is 17.3 Å². The monoisotopic (exact) mass is 399 g/mol. The van der Waals surface area contributed by atoms with Gasteiger partial charge in [0.25, 0.3) is 11.6 Å². The minimum absolute atomic E-state index is 0.0325. The molecule has 28 heavy (non-hydrogen) atoms. The molecule has 0 spiro atoms. The number of non-ortho nitro benzene ring substituents is 1. The van der Waals surface area contributed by atoms with Gasteiger partial charge in [0.2, 0.25) is 0 Å². The molecule has 3 aromatic rings. The summed E-state index contributed by atoms with van der Waals surface area (Å²) in [7, 11) is 0. The number of carbonyl (C=O) groups excluding carboxylic acids is 1. The van der Waals surface area contributed by atoms with Crippen LogP contribution in [-0.4, -0.2) is 23.7 Å². The van der Waals surface area contributed by atoms with Crippen molar-refractivity contribution >= 4 is 29.4 Å². The third-order valence-corrected chi connectivity index (χ3v) is 3.86. The molecule has 3 rings (SSSR count). The summed E-state index contributed by atoms with van der Waals surface area (Å²) in [6, 6.07) is 16.2. The Morgan fingerprint density at radius 3 is 2.82 bits per heavy atom. The zero-order valence-electron chi connectivity index (χ0n) is 14.4. The van der Waals surface area contributed by atoms with Crippen LogP contribution in [0.3, 0.4) is 0 Å². The average Bonchev–Trinajstić information content (AvgIpc) is 3.16. The van der Waals surface area contributed by atoms with Crippen molar-refractivity contribution < 1.29 is 18.9 Å². The number of rotatable bonds is 7. The van der Waals surface area contributed by atoms with Gasteiger partial charge in [-0.2, -0.15) is 5.10 Å². The molecule has 8 nitrogen and oxygen atoms in total. The molecule has 0 bridgehead atoms. The first-order valence-electron chi connectivity index (χ1n) is 8.07. The Bertz CT molecular complexity index is 1030. The van der Waals surface area contributed by atoms with Crippen LogP contribution in [0.25, 0.3) is 11.3 Å². The number of hydrogen-bond donors (Lipinski definition) is 1. The minimum atomic E-state index is -0.477. The Kier molecular flexibility index (Phi) is 6.03. The van der Waals surface area contributed by atoms with E-state index in [1.165, 1.54) is 18.3 Å². The lowest BCUT2D eigenvalue weighted by atomic mass is 10.1. The number of carbonyl (C=O) groups is 1. The van der Waals surface area contributed by atoms with Crippen LogP contribution in [0.2, 0.25) is 5.02 Å². The molecule has 1 amide bonds. The molecule has 0 unspecified atom stereocenters. The normalized spacial score (nSPS) is 10.8. The van der Waals surface area contributed by atoms with E-state index in [0.29, 0.717) is 27.9 Å². The van der Waals surface area contributed by atoms with Gasteiger partial charge in [-0.3, -0.25) is 14.9 Å². The fourth-order valence-corrected chi connectivity index (χ4v) is 2.45. The molecule has 0 fully saturated rings. The molecule has 0 aliphatic carbocycles. The molecule has 1 N–H and O–H groups in total. The second kappa shape index (κ2) is 8.83. The predicted molar refractivity (Wildman–Crippen MR) is 103 cm³/mol. The summed E-state index contributed by atoms with van der Waals surface area (Å²) in [6.45, 7) is -0.252. The van der Waals surface area contributed by atoms with Gasteiger partial charge in [-0.05, 0) is 24.3 Å². The maximum atomic E-state index is 11.8. The van der Waals surface area contributed by atoms with E-state index < -0.39 is 10.8 Å². The van der Waals surface area contributed by atoms with E-state index in [-0.39, 0.29) is 12.3 Å². The first-order chi connectivity index (χ1) is 13.5. The summed E-state index contributed by atoms with van der Waals surface area (Å²) >= 11 is 5.94. The van der Waals surface area contributed by atoms with Crippen LogP contribution >= 0.6 is 11.6 Å². The molecular weight excluding hydrogens is 386 g/mol. The smallest absolute Gasteiger partial charge is 0.277 e. The van der Waals surface area contributed by atoms with Crippen molar-refractivity contribution in [3.63, 3.8) is 0 Å². The second-order valence-corrected chi connectivity index (χ2v) is 5.93. The van der Waals surface area contributed by atoms with Crippen molar-refractivity contribution in [3.8, 4) is 17.1 Å². The van der Waals surface area contributed by atoms with E-state index in [1.807, 2.05) is 0 Å². The number of furan rings is 1. The summed E-state index contributed by atoms with van der Waals surface area (Å²) in [5.74, 6) is 0.741. The van der Waals surface area contributed by atoms with Gasteiger partial charge in [0.15, 0.2) is 6.61 Å². The van der Waals surface area contributed by atoms with E-state index in [4.69, 9.17) is 20.8 Å². The van der Waals surface area contributed by atoms with Gasteiger partial charge in [-0.25, -0.2) is 5.43 Å². The Labute approximate surface area is 164 Å². The van der Waals surface area contributed by atoms with Crippen molar-refractivity contribution in [2.24, 2.45) is 5.10 Å². The van der Waals surface area contributed by atoms with Crippen LogP contribution < -0.4 is 10.2 Å². The summed E-state index contributed by atoms with van der Waals surface area (Å²) in [4.78, 5) is 22.1. The van der Waals surface area contributed by atoms with E-state index in [1.54, 1.807) is 48.5 Å². The number of nitrogens with one attached hydrogen (secondary N) is 1. The molecule has 1 heterocycles. The van der Waals surface area contributed by atoms with Crippen molar-refractivity contribution in [2.45, 2.75) is 0 Å². The maximum absolute atomic E-state index is 11.8. The highest BCUT2D eigenvalue weighted by Crippen LogP contribution is 2.25. The number of nitro groups is 1. The minimum Gasteiger partial charge on any atom is -0.482 e. The van der Waals surface area contributed by atoms with Crippen LogP contribution in [0.5, 0.6) is 5.75 Å². The van der Waals surface area contributed by atoms with Crippen LogP contribution in [0.4, 0.5) is 5.69 Å². The van der Waals surface area contributed by atoms with Gasteiger partial charge in [0, 0.05) is 17.7 Å². The maximum Gasteiger partial charge on any atom is 0.277 e. The number of hydrogen-bond acceptors (Lipinski definition) is 6. The van der Waals surface area contributed by atoms with Crippen LogP contribution in [0.15, 0.2) is 70.2 Å². The molecular formula is C19H14ClN3O5. The predicted octanol–water partition coefficient (Wildman–Crippen LogP) is 4.04. The molecule has 1 aromatic heterocycles. The van der Waals surface area contributed by atoms with Gasteiger partial charge >= 0.3 is 0 Å². The zero-order chi connectivity index (χ0) is 19.9. The standard InChI is InChI=1S/C19H14ClN3O5/c20-16-6-1-2-7-18(16)27-12-19(24)22-21-11-15-8-9-17(28-15)13-4-3-5-14(10-13)23(25)26/h1-11H,12H2,(H,22,24)/b21-11-. The number of nitro benzene ring substituents is 1. The Hall–Kier alpha value is -3.65. The van der Waals surface area contributed by atoms with Crippen molar-refractivity contribution in [1.29, 1.82) is 0 Å². The van der Waals surface area contributed by atoms with Crippen LogP contribution in [0.1, 0.15) is 5.76 Å². The molecule has 2 aromatic carbocycles. The lowest BCUT2D eigenvalue weighted by Crippen LogP contribution is -2.24.